The molecule has 1 aromatic heterocycles. The van der Waals surface area contributed by atoms with Crippen molar-refractivity contribution in [2.24, 2.45) is 5.73 Å². The van der Waals surface area contributed by atoms with E-state index < -0.39 is 0 Å². The number of ether oxygens (including phenoxy) is 1. The summed E-state index contributed by atoms with van der Waals surface area (Å²) in [6.07, 6.45) is 0.733. The topological polar surface area (TPSA) is 61.3 Å². The molecule has 2 N–H and O–H groups in total. The van der Waals surface area contributed by atoms with Crippen LogP contribution in [0.3, 0.4) is 0 Å². The Morgan fingerprint density at radius 2 is 2.55 bits per heavy atom. The van der Waals surface area contributed by atoms with Crippen LogP contribution in [0.4, 0.5) is 0 Å². The largest absolute Gasteiger partial charge is 0.378 e. The molecule has 62 valence electrons. The molecular formula is C7H12N2O2. The van der Waals surface area contributed by atoms with Crippen molar-refractivity contribution in [1.29, 1.82) is 0 Å². The van der Waals surface area contributed by atoms with Crippen LogP contribution in [0.5, 0.6) is 0 Å². The lowest BCUT2D eigenvalue weighted by Gasteiger charge is -1.87. The summed E-state index contributed by atoms with van der Waals surface area (Å²) in [5.41, 5.74) is 6.14. The number of hydrogen-bond donors (Lipinski definition) is 1. The van der Waals surface area contributed by atoms with Crippen LogP contribution in [0.2, 0.25) is 0 Å². The van der Waals surface area contributed by atoms with Gasteiger partial charge < -0.3 is 15.0 Å². The molecule has 0 radical (unpaired) electrons. The van der Waals surface area contributed by atoms with Crippen molar-refractivity contribution in [1.82, 2.24) is 5.16 Å². The summed E-state index contributed by atoms with van der Waals surface area (Å²) in [5.74, 6) is 0.819. The molecule has 1 aromatic rings. The van der Waals surface area contributed by atoms with Gasteiger partial charge in [0.05, 0.1) is 6.61 Å². The van der Waals surface area contributed by atoms with Crippen molar-refractivity contribution in [3.05, 3.63) is 17.5 Å². The third-order valence-electron chi connectivity index (χ3n) is 1.29. The normalized spacial score (nSPS) is 10.4. The van der Waals surface area contributed by atoms with Gasteiger partial charge in [0.25, 0.3) is 0 Å². The minimum absolute atomic E-state index is 0.494. The standard InChI is InChI=1S/C7H12N2O2/c1-10-5-6-4-7(2-3-8)11-9-6/h4H,2-3,5,8H2,1H3. The molecule has 4 nitrogen and oxygen atoms in total. The zero-order valence-corrected chi connectivity index (χ0v) is 6.54. The SMILES string of the molecule is COCc1cc(CCN)on1. The summed E-state index contributed by atoms with van der Waals surface area (Å²) in [4.78, 5) is 0. The zero-order chi connectivity index (χ0) is 8.10. The summed E-state index contributed by atoms with van der Waals surface area (Å²) in [6.45, 7) is 1.08. The van der Waals surface area contributed by atoms with Crippen molar-refractivity contribution < 1.29 is 9.26 Å². The molecular weight excluding hydrogens is 144 g/mol. The van der Waals surface area contributed by atoms with Crippen molar-refractivity contribution >= 4 is 0 Å². The molecule has 1 rings (SSSR count). The number of methoxy groups -OCH3 is 1. The first kappa shape index (κ1) is 8.23. The molecule has 11 heavy (non-hydrogen) atoms. The zero-order valence-electron chi connectivity index (χ0n) is 6.54. The van der Waals surface area contributed by atoms with Crippen LogP contribution in [0.25, 0.3) is 0 Å². The van der Waals surface area contributed by atoms with Crippen LogP contribution in [-0.2, 0) is 17.8 Å². The molecule has 0 aliphatic heterocycles. The monoisotopic (exact) mass is 156 g/mol. The van der Waals surface area contributed by atoms with E-state index in [9.17, 15) is 0 Å². The van der Waals surface area contributed by atoms with E-state index in [1.54, 1.807) is 7.11 Å². The third kappa shape index (κ3) is 2.32. The molecule has 0 atom stereocenters. The fourth-order valence-corrected chi connectivity index (χ4v) is 0.832. The summed E-state index contributed by atoms with van der Waals surface area (Å²) < 4.78 is 9.81. The van der Waals surface area contributed by atoms with E-state index in [0.717, 1.165) is 17.9 Å². The number of nitrogens with two attached hydrogens (primary N) is 1. The van der Waals surface area contributed by atoms with Gasteiger partial charge in [-0.15, -0.1) is 0 Å². The summed E-state index contributed by atoms with van der Waals surface area (Å²) in [6, 6.07) is 1.86. The Hall–Kier alpha value is -0.870. The number of nitrogens with zero attached hydrogens (tertiary/aromatic N) is 1. The van der Waals surface area contributed by atoms with Crippen LogP contribution >= 0.6 is 0 Å². The average molecular weight is 156 g/mol. The Morgan fingerprint density at radius 1 is 1.73 bits per heavy atom. The summed E-state index contributed by atoms with van der Waals surface area (Å²) >= 11 is 0. The van der Waals surface area contributed by atoms with E-state index >= 15 is 0 Å². The van der Waals surface area contributed by atoms with E-state index in [-0.39, 0.29) is 0 Å². The second-order valence-electron chi connectivity index (χ2n) is 2.26. The van der Waals surface area contributed by atoms with Gasteiger partial charge in [-0.3, -0.25) is 0 Å². The first-order valence-corrected chi connectivity index (χ1v) is 3.50. The molecule has 4 heteroatoms. The molecule has 0 unspecified atom stereocenters. The van der Waals surface area contributed by atoms with E-state index in [1.165, 1.54) is 0 Å². The van der Waals surface area contributed by atoms with E-state index in [0.29, 0.717) is 13.2 Å². The summed E-state index contributed by atoms with van der Waals surface area (Å²) in [7, 11) is 1.62. The maximum atomic E-state index is 5.32. The Morgan fingerprint density at radius 3 is 3.18 bits per heavy atom. The highest BCUT2D eigenvalue weighted by Gasteiger charge is 2.01. The molecule has 0 amide bonds. The molecule has 0 aliphatic carbocycles. The maximum absolute atomic E-state index is 5.32. The van der Waals surface area contributed by atoms with Gasteiger partial charge in [-0.05, 0) is 6.54 Å². The Bertz CT molecular complexity index is 189. The van der Waals surface area contributed by atoms with Crippen molar-refractivity contribution in [2.75, 3.05) is 13.7 Å². The second kappa shape index (κ2) is 4.10. The van der Waals surface area contributed by atoms with E-state index in [1.807, 2.05) is 6.07 Å². The predicted molar refractivity (Wildman–Crippen MR) is 40.0 cm³/mol. The molecule has 0 saturated carbocycles. The molecule has 0 aromatic carbocycles. The Labute approximate surface area is 65.3 Å². The molecule has 0 bridgehead atoms. The summed E-state index contributed by atoms with van der Waals surface area (Å²) in [5, 5.41) is 3.77. The van der Waals surface area contributed by atoms with E-state index in [4.69, 9.17) is 15.0 Å². The highest BCUT2D eigenvalue weighted by atomic mass is 16.5. The fraction of sp³-hybridized carbons (Fsp3) is 0.571. The third-order valence-corrected chi connectivity index (χ3v) is 1.29. The first-order chi connectivity index (χ1) is 5.36. The van der Waals surface area contributed by atoms with Crippen LogP contribution < -0.4 is 5.73 Å². The Kier molecular flexibility index (Phi) is 3.07. The van der Waals surface area contributed by atoms with Gasteiger partial charge in [0, 0.05) is 19.6 Å². The van der Waals surface area contributed by atoms with Crippen LogP contribution in [0, 0.1) is 0 Å². The Balaban J connectivity index is 2.51. The van der Waals surface area contributed by atoms with Crippen molar-refractivity contribution in [2.45, 2.75) is 13.0 Å². The first-order valence-electron chi connectivity index (χ1n) is 3.50. The maximum Gasteiger partial charge on any atom is 0.138 e. The average Bonchev–Trinajstić information content (AvgIpc) is 2.38. The lowest BCUT2D eigenvalue weighted by atomic mass is 10.3. The van der Waals surface area contributed by atoms with Crippen molar-refractivity contribution in [3.8, 4) is 0 Å². The van der Waals surface area contributed by atoms with Gasteiger partial charge in [0.15, 0.2) is 0 Å². The smallest absolute Gasteiger partial charge is 0.138 e. The van der Waals surface area contributed by atoms with Gasteiger partial charge in [-0.2, -0.15) is 0 Å². The second-order valence-corrected chi connectivity index (χ2v) is 2.26. The lowest BCUT2D eigenvalue weighted by Crippen LogP contribution is -2.01. The molecule has 0 spiro atoms. The van der Waals surface area contributed by atoms with Crippen LogP contribution in [0.15, 0.2) is 10.6 Å². The van der Waals surface area contributed by atoms with Gasteiger partial charge in [0.1, 0.15) is 11.5 Å². The molecule has 0 fully saturated rings. The van der Waals surface area contributed by atoms with Crippen LogP contribution in [0.1, 0.15) is 11.5 Å². The highest BCUT2D eigenvalue weighted by Crippen LogP contribution is 2.04. The lowest BCUT2D eigenvalue weighted by molar-refractivity contribution is 0.177. The number of rotatable bonds is 4. The van der Waals surface area contributed by atoms with Gasteiger partial charge >= 0.3 is 0 Å². The predicted octanol–water partition coefficient (Wildman–Crippen LogP) is 0.322. The van der Waals surface area contributed by atoms with Gasteiger partial charge in [-0.1, -0.05) is 5.16 Å². The van der Waals surface area contributed by atoms with Gasteiger partial charge in [0.2, 0.25) is 0 Å². The molecule has 1 heterocycles. The van der Waals surface area contributed by atoms with Gasteiger partial charge in [-0.25, -0.2) is 0 Å². The minimum atomic E-state index is 0.494. The highest BCUT2D eigenvalue weighted by molar-refractivity contribution is 5.04. The molecule has 0 saturated heterocycles. The number of hydrogen-bond acceptors (Lipinski definition) is 4. The number of aromatic nitrogens is 1. The fourth-order valence-electron chi connectivity index (χ4n) is 0.832. The quantitative estimate of drug-likeness (QED) is 0.682. The minimum Gasteiger partial charge on any atom is -0.378 e. The van der Waals surface area contributed by atoms with Crippen molar-refractivity contribution in [3.63, 3.8) is 0 Å². The van der Waals surface area contributed by atoms with Crippen LogP contribution in [-0.4, -0.2) is 18.8 Å². The molecule has 0 aliphatic rings. The van der Waals surface area contributed by atoms with E-state index in [2.05, 4.69) is 5.16 Å².